The van der Waals surface area contributed by atoms with Gasteiger partial charge in [0.15, 0.2) is 31.0 Å². The van der Waals surface area contributed by atoms with E-state index in [2.05, 4.69) is 5.32 Å². The molecule has 2 aromatic carbocycles. The first-order valence-corrected chi connectivity index (χ1v) is 9.13. The fourth-order valence-corrected chi connectivity index (χ4v) is 2.67. The van der Waals surface area contributed by atoms with Crippen molar-refractivity contribution in [2.24, 2.45) is 0 Å². The molecule has 1 aliphatic rings. The Bertz CT molecular complexity index is 881. The minimum atomic E-state index is -0.701. The van der Waals surface area contributed by atoms with Crippen molar-refractivity contribution in [2.75, 3.05) is 33.0 Å². The molecule has 0 atom stereocenters. The number of rotatable bonds is 9. The van der Waals surface area contributed by atoms with E-state index in [-0.39, 0.29) is 5.75 Å². The highest BCUT2D eigenvalue weighted by molar-refractivity contribution is 5.81. The first-order chi connectivity index (χ1) is 14.2. The van der Waals surface area contributed by atoms with Gasteiger partial charge in [-0.2, -0.15) is 0 Å². The van der Waals surface area contributed by atoms with Crippen LogP contribution in [-0.4, -0.2) is 51.1 Å². The van der Waals surface area contributed by atoms with Gasteiger partial charge in [0.2, 0.25) is 0 Å². The summed E-state index contributed by atoms with van der Waals surface area (Å²) in [6.07, 6.45) is 1.23. The number of carbonyl (C=O) groups excluding carboxylic acids is 3. The summed E-state index contributed by atoms with van der Waals surface area (Å²) in [6.45, 7) is 0.645. The summed E-state index contributed by atoms with van der Waals surface area (Å²) in [5, 5.41) is 2.68. The van der Waals surface area contributed by atoms with Gasteiger partial charge in [0.05, 0.1) is 5.56 Å². The van der Waals surface area contributed by atoms with Gasteiger partial charge in [0.1, 0.15) is 19.0 Å². The van der Waals surface area contributed by atoms with Crippen LogP contribution in [0.4, 0.5) is 0 Å². The largest absolute Gasteiger partial charge is 0.486 e. The highest BCUT2D eigenvalue weighted by atomic mass is 16.6. The Morgan fingerprint density at radius 3 is 2.66 bits per heavy atom. The number of aldehydes is 1. The van der Waals surface area contributed by atoms with Crippen LogP contribution < -0.4 is 19.5 Å². The third kappa shape index (κ3) is 5.97. The molecule has 0 spiro atoms. The molecule has 1 N–H and O–H groups in total. The van der Waals surface area contributed by atoms with Crippen molar-refractivity contribution in [1.29, 1.82) is 0 Å². The number of ether oxygens (including phenoxy) is 4. The van der Waals surface area contributed by atoms with E-state index in [1.54, 1.807) is 24.3 Å². The molecule has 1 amide bonds. The monoisotopic (exact) mass is 399 g/mol. The fraction of sp³-hybridized carbons (Fsp3) is 0.286. The van der Waals surface area contributed by atoms with Crippen molar-refractivity contribution >= 4 is 18.2 Å². The Kier molecular flexibility index (Phi) is 7.05. The predicted molar refractivity (Wildman–Crippen MR) is 102 cm³/mol. The maximum absolute atomic E-state index is 11.8. The molecule has 0 unspecified atom stereocenters. The highest BCUT2D eigenvalue weighted by Crippen LogP contribution is 2.30. The van der Waals surface area contributed by atoms with E-state index in [9.17, 15) is 14.4 Å². The smallest absolute Gasteiger partial charge is 0.344 e. The number of hydrogen-bond donors (Lipinski definition) is 1. The van der Waals surface area contributed by atoms with Gasteiger partial charge in [-0.3, -0.25) is 9.59 Å². The van der Waals surface area contributed by atoms with Crippen molar-refractivity contribution in [3.05, 3.63) is 53.6 Å². The third-order valence-corrected chi connectivity index (χ3v) is 4.10. The van der Waals surface area contributed by atoms with Gasteiger partial charge in [-0.1, -0.05) is 18.2 Å². The van der Waals surface area contributed by atoms with Crippen molar-refractivity contribution in [2.45, 2.75) is 6.42 Å². The molecule has 0 aromatic heterocycles. The lowest BCUT2D eigenvalue weighted by Gasteiger charge is -2.18. The fourth-order valence-electron chi connectivity index (χ4n) is 2.67. The van der Waals surface area contributed by atoms with Crippen molar-refractivity contribution < 1.29 is 33.3 Å². The average Bonchev–Trinajstić information content (AvgIpc) is 2.76. The zero-order valence-electron chi connectivity index (χ0n) is 15.7. The van der Waals surface area contributed by atoms with Gasteiger partial charge in [-0.05, 0) is 36.2 Å². The van der Waals surface area contributed by atoms with Gasteiger partial charge >= 0.3 is 5.97 Å². The molecule has 29 heavy (non-hydrogen) atoms. The van der Waals surface area contributed by atoms with Gasteiger partial charge in [0.25, 0.3) is 5.91 Å². The van der Waals surface area contributed by atoms with Crippen LogP contribution in [0.1, 0.15) is 15.9 Å². The van der Waals surface area contributed by atoms with Crippen LogP contribution in [0.3, 0.4) is 0 Å². The molecule has 0 saturated carbocycles. The molecular weight excluding hydrogens is 378 g/mol. The number of carbonyl (C=O) groups is 3. The molecule has 3 rings (SSSR count). The van der Waals surface area contributed by atoms with Crippen molar-refractivity contribution in [1.82, 2.24) is 5.32 Å². The van der Waals surface area contributed by atoms with Gasteiger partial charge in [-0.15, -0.1) is 0 Å². The van der Waals surface area contributed by atoms with Crippen molar-refractivity contribution in [3.63, 3.8) is 0 Å². The highest BCUT2D eigenvalue weighted by Gasteiger charge is 2.12. The molecule has 1 heterocycles. The second-order valence-corrected chi connectivity index (χ2v) is 6.18. The molecule has 1 aliphatic heterocycles. The van der Waals surface area contributed by atoms with E-state index >= 15 is 0 Å². The zero-order valence-corrected chi connectivity index (χ0v) is 15.7. The normalized spacial score (nSPS) is 12.0. The zero-order chi connectivity index (χ0) is 20.5. The molecular formula is C21H21NO7. The first kappa shape index (κ1) is 20.2. The van der Waals surface area contributed by atoms with E-state index in [1.807, 2.05) is 18.2 Å². The summed E-state index contributed by atoms with van der Waals surface area (Å²) in [7, 11) is 0. The van der Waals surface area contributed by atoms with Crippen LogP contribution in [0.15, 0.2) is 42.5 Å². The quantitative estimate of drug-likeness (QED) is 0.504. The number of nitrogens with one attached hydrogen (secondary N) is 1. The molecule has 0 aliphatic carbocycles. The molecule has 0 radical (unpaired) electrons. The van der Waals surface area contributed by atoms with Crippen LogP contribution in [0.2, 0.25) is 0 Å². The van der Waals surface area contributed by atoms with E-state index in [4.69, 9.17) is 18.9 Å². The summed E-state index contributed by atoms with van der Waals surface area (Å²) in [5.74, 6) is 0.583. The van der Waals surface area contributed by atoms with Crippen LogP contribution >= 0.6 is 0 Å². The Balaban J connectivity index is 1.34. The van der Waals surface area contributed by atoms with Crippen LogP contribution in [0, 0.1) is 0 Å². The van der Waals surface area contributed by atoms with E-state index in [0.29, 0.717) is 49.5 Å². The minimum absolute atomic E-state index is 0.281. The summed E-state index contributed by atoms with van der Waals surface area (Å²) in [4.78, 5) is 34.4. The molecule has 8 heteroatoms. The van der Waals surface area contributed by atoms with Crippen LogP contribution in [-0.2, 0) is 20.7 Å². The summed E-state index contributed by atoms with van der Waals surface area (Å²) < 4.78 is 21.1. The first-order valence-electron chi connectivity index (χ1n) is 9.13. The standard InChI is InChI=1S/C21H21NO7/c23-12-16-3-1-2-4-17(16)28-14-21(25)29-13-20(24)22-8-7-15-5-6-18-19(11-15)27-10-9-26-18/h1-6,11-12H,7-10,13-14H2,(H,22,24). The number of benzene rings is 2. The molecule has 0 saturated heterocycles. The lowest BCUT2D eigenvalue weighted by molar-refractivity contribution is -0.150. The molecule has 0 bridgehead atoms. The molecule has 8 nitrogen and oxygen atoms in total. The summed E-state index contributed by atoms with van der Waals surface area (Å²) >= 11 is 0. The molecule has 0 fully saturated rings. The summed E-state index contributed by atoms with van der Waals surface area (Å²) in [5.41, 5.74) is 1.32. The number of amides is 1. The maximum Gasteiger partial charge on any atom is 0.344 e. The lowest BCUT2D eigenvalue weighted by Crippen LogP contribution is -2.31. The summed E-state index contributed by atoms with van der Waals surface area (Å²) in [6, 6.07) is 12.1. The van der Waals surface area contributed by atoms with E-state index < -0.39 is 25.1 Å². The number of para-hydroxylation sites is 1. The SMILES string of the molecule is O=Cc1ccccc1OCC(=O)OCC(=O)NCCc1ccc2c(c1)OCCO2. The Hall–Kier alpha value is -3.55. The molecule has 152 valence electrons. The number of fused-ring (bicyclic) bond motifs is 1. The Morgan fingerprint density at radius 2 is 1.83 bits per heavy atom. The second-order valence-electron chi connectivity index (χ2n) is 6.18. The third-order valence-electron chi connectivity index (χ3n) is 4.10. The van der Waals surface area contributed by atoms with E-state index in [0.717, 1.165) is 5.56 Å². The van der Waals surface area contributed by atoms with Gasteiger partial charge in [0, 0.05) is 6.54 Å². The van der Waals surface area contributed by atoms with Gasteiger partial charge < -0.3 is 24.3 Å². The van der Waals surface area contributed by atoms with E-state index in [1.165, 1.54) is 0 Å². The molecule has 2 aromatic rings. The lowest BCUT2D eigenvalue weighted by atomic mass is 10.1. The topological polar surface area (TPSA) is 100 Å². The minimum Gasteiger partial charge on any atom is -0.486 e. The predicted octanol–water partition coefficient (Wildman–Crippen LogP) is 1.55. The number of hydrogen-bond acceptors (Lipinski definition) is 7. The van der Waals surface area contributed by atoms with Crippen LogP contribution in [0.5, 0.6) is 17.2 Å². The van der Waals surface area contributed by atoms with Crippen molar-refractivity contribution in [3.8, 4) is 17.2 Å². The average molecular weight is 399 g/mol. The number of esters is 1. The Labute approximate surface area is 167 Å². The maximum atomic E-state index is 11.8. The van der Waals surface area contributed by atoms with Gasteiger partial charge in [-0.25, -0.2) is 4.79 Å². The Morgan fingerprint density at radius 1 is 1.03 bits per heavy atom. The van der Waals surface area contributed by atoms with Crippen LogP contribution in [0.25, 0.3) is 0 Å². The second kappa shape index (κ2) is 10.1.